The van der Waals surface area contributed by atoms with E-state index in [1.54, 1.807) is 29.6 Å². The lowest BCUT2D eigenvalue weighted by Gasteiger charge is -2.14. The van der Waals surface area contributed by atoms with E-state index in [0.717, 1.165) is 28.7 Å². The van der Waals surface area contributed by atoms with Gasteiger partial charge in [0.25, 0.3) is 0 Å². The largest absolute Gasteiger partial charge is 0.388 e. The van der Waals surface area contributed by atoms with E-state index in [1.807, 2.05) is 6.92 Å². The molecule has 0 aliphatic heterocycles. The summed E-state index contributed by atoms with van der Waals surface area (Å²) < 4.78 is 0. The van der Waals surface area contributed by atoms with Crippen LogP contribution in [0.3, 0.4) is 0 Å². The van der Waals surface area contributed by atoms with E-state index < -0.39 is 6.10 Å². The Morgan fingerprint density at radius 1 is 1.50 bits per heavy atom. The zero-order valence-electron chi connectivity index (χ0n) is 10.9. The first kappa shape index (κ1) is 13.5. The van der Waals surface area contributed by atoms with E-state index in [1.165, 1.54) is 4.88 Å². The fourth-order valence-electron chi connectivity index (χ4n) is 1.77. The molecule has 2 heterocycles. The number of aromatic nitrogens is 1. The fraction of sp³-hybridized carbons (Fsp3) is 0.462. The maximum atomic E-state index is 9.63. The molecule has 2 aromatic rings. The van der Waals surface area contributed by atoms with Gasteiger partial charge in [-0.05, 0) is 31.7 Å². The van der Waals surface area contributed by atoms with E-state index in [9.17, 15) is 5.11 Å². The third-order valence-corrected chi connectivity index (χ3v) is 5.18. The average Bonchev–Trinajstić information content (AvgIpc) is 2.94. The maximum Gasteiger partial charge on any atom is 0.185 e. The van der Waals surface area contributed by atoms with Crippen molar-refractivity contribution >= 4 is 27.8 Å². The number of aryl methyl sites for hydroxylation is 1. The molecule has 5 heteroatoms. The molecule has 2 rings (SSSR count). The predicted molar refractivity (Wildman–Crippen MR) is 78.8 cm³/mol. The second-order valence-electron chi connectivity index (χ2n) is 4.37. The first-order valence-electron chi connectivity index (χ1n) is 5.97. The van der Waals surface area contributed by atoms with Crippen molar-refractivity contribution in [1.82, 2.24) is 4.98 Å². The van der Waals surface area contributed by atoms with Crippen LogP contribution in [0.5, 0.6) is 0 Å². The lowest BCUT2D eigenvalue weighted by atomic mass is 10.3. The van der Waals surface area contributed by atoms with Crippen LogP contribution in [-0.4, -0.2) is 23.7 Å². The number of likely N-dealkylation sites (N-methyl/N-ethyl adjacent to an activating group) is 1. The molecule has 0 saturated heterocycles. The zero-order chi connectivity index (χ0) is 13.1. The van der Waals surface area contributed by atoms with Gasteiger partial charge in [0.2, 0.25) is 0 Å². The summed E-state index contributed by atoms with van der Waals surface area (Å²) in [6.07, 6.45) is 0.610. The van der Waals surface area contributed by atoms with E-state index in [4.69, 9.17) is 0 Å². The average molecular weight is 282 g/mol. The van der Waals surface area contributed by atoms with Crippen LogP contribution in [-0.2, 0) is 6.42 Å². The fourth-order valence-corrected chi connectivity index (χ4v) is 3.46. The third kappa shape index (κ3) is 3.10. The minimum atomic E-state index is -0.429. The molecule has 0 aromatic carbocycles. The van der Waals surface area contributed by atoms with Crippen LogP contribution in [0.15, 0.2) is 17.5 Å². The van der Waals surface area contributed by atoms with Gasteiger partial charge < -0.3 is 10.0 Å². The van der Waals surface area contributed by atoms with Crippen molar-refractivity contribution < 1.29 is 5.11 Å². The molecule has 0 spiro atoms. The molecule has 0 aliphatic rings. The van der Waals surface area contributed by atoms with Crippen LogP contribution in [0.25, 0.3) is 0 Å². The summed E-state index contributed by atoms with van der Waals surface area (Å²) in [7, 11) is 2.05. The minimum Gasteiger partial charge on any atom is -0.388 e. The van der Waals surface area contributed by atoms with Crippen LogP contribution in [0, 0.1) is 6.92 Å². The van der Waals surface area contributed by atoms with Crippen molar-refractivity contribution in [2.45, 2.75) is 26.4 Å². The highest BCUT2D eigenvalue weighted by Gasteiger charge is 2.14. The van der Waals surface area contributed by atoms with Gasteiger partial charge >= 0.3 is 0 Å². The van der Waals surface area contributed by atoms with Crippen molar-refractivity contribution in [2.24, 2.45) is 0 Å². The van der Waals surface area contributed by atoms with Crippen molar-refractivity contribution in [1.29, 1.82) is 0 Å². The molecule has 0 bridgehead atoms. The van der Waals surface area contributed by atoms with Crippen molar-refractivity contribution in [3.63, 3.8) is 0 Å². The summed E-state index contributed by atoms with van der Waals surface area (Å²) in [5.41, 5.74) is 0.938. The normalized spacial score (nSPS) is 12.7. The van der Waals surface area contributed by atoms with Gasteiger partial charge in [-0.3, -0.25) is 0 Å². The SMILES string of the molecule is Cc1nc(N(C)CCc2cccs2)sc1C(C)O. The number of anilines is 1. The topological polar surface area (TPSA) is 36.4 Å². The zero-order valence-corrected chi connectivity index (χ0v) is 12.5. The molecule has 3 nitrogen and oxygen atoms in total. The molecule has 98 valence electrons. The monoisotopic (exact) mass is 282 g/mol. The van der Waals surface area contributed by atoms with Gasteiger partial charge in [0.15, 0.2) is 5.13 Å². The molecule has 0 aliphatic carbocycles. The van der Waals surface area contributed by atoms with Gasteiger partial charge in [0.05, 0.1) is 16.7 Å². The molecule has 0 amide bonds. The first-order valence-corrected chi connectivity index (χ1v) is 7.66. The molecule has 18 heavy (non-hydrogen) atoms. The van der Waals surface area contributed by atoms with Crippen LogP contribution >= 0.6 is 22.7 Å². The Bertz CT molecular complexity index is 491. The second kappa shape index (κ2) is 5.82. The molecular formula is C13H18N2OS2. The molecule has 2 aromatic heterocycles. The predicted octanol–water partition coefficient (Wildman–Crippen LogP) is 3.25. The maximum absolute atomic E-state index is 9.63. The van der Waals surface area contributed by atoms with Gasteiger partial charge in [-0.1, -0.05) is 17.4 Å². The number of aliphatic hydroxyl groups excluding tert-OH is 1. The van der Waals surface area contributed by atoms with Crippen LogP contribution < -0.4 is 4.90 Å². The molecule has 0 radical (unpaired) electrons. The van der Waals surface area contributed by atoms with Gasteiger partial charge in [0, 0.05) is 18.5 Å². The van der Waals surface area contributed by atoms with Crippen molar-refractivity contribution in [3.05, 3.63) is 33.0 Å². The molecular weight excluding hydrogens is 264 g/mol. The molecule has 0 fully saturated rings. The first-order chi connectivity index (χ1) is 8.58. The van der Waals surface area contributed by atoms with Crippen LogP contribution in [0.4, 0.5) is 5.13 Å². The summed E-state index contributed by atoms with van der Waals surface area (Å²) in [6, 6.07) is 4.24. The highest BCUT2D eigenvalue weighted by atomic mass is 32.1. The molecule has 1 atom stereocenters. The van der Waals surface area contributed by atoms with E-state index in [0.29, 0.717) is 0 Å². The molecule has 1 N–H and O–H groups in total. The Balaban J connectivity index is 2.00. The summed E-state index contributed by atoms with van der Waals surface area (Å²) in [4.78, 5) is 9.04. The lowest BCUT2D eigenvalue weighted by molar-refractivity contribution is 0.202. The Morgan fingerprint density at radius 2 is 2.28 bits per heavy atom. The van der Waals surface area contributed by atoms with Gasteiger partial charge in [-0.25, -0.2) is 4.98 Å². The molecule has 1 unspecified atom stereocenters. The summed E-state index contributed by atoms with van der Waals surface area (Å²) in [6.45, 7) is 4.69. The van der Waals surface area contributed by atoms with Gasteiger partial charge in [0.1, 0.15) is 0 Å². The number of hydrogen-bond donors (Lipinski definition) is 1. The Morgan fingerprint density at radius 3 is 2.83 bits per heavy atom. The lowest BCUT2D eigenvalue weighted by Crippen LogP contribution is -2.19. The van der Waals surface area contributed by atoms with E-state index in [2.05, 4.69) is 34.4 Å². The number of hydrogen-bond acceptors (Lipinski definition) is 5. The van der Waals surface area contributed by atoms with Gasteiger partial charge in [-0.15, -0.1) is 11.3 Å². The standard InChI is InChI=1S/C13H18N2OS2/c1-9-12(10(2)16)18-13(14-9)15(3)7-6-11-5-4-8-17-11/h4-5,8,10,16H,6-7H2,1-3H3. The molecule has 0 saturated carbocycles. The minimum absolute atomic E-state index is 0.429. The number of thiazole rings is 1. The highest BCUT2D eigenvalue weighted by molar-refractivity contribution is 7.15. The third-order valence-electron chi connectivity index (χ3n) is 2.80. The van der Waals surface area contributed by atoms with E-state index >= 15 is 0 Å². The summed E-state index contributed by atoms with van der Waals surface area (Å²) in [5, 5.41) is 12.7. The Labute approximate surface area is 116 Å². The second-order valence-corrected chi connectivity index (χ2v) is 6.41. The van der Waals surface area contributed by atoms with E-state index in [-0.39, 0.29) is 0 Å². The van der Waals surface area contributed by atoms with Crippen molar-refractivity contribution in [3.8, 4) is 0 Å². The number of rotatable bonds is 5. The van der Waals surface area contributed by atoms with Gasteiger partial charge in [-0.2, -0.15) is 0 Å². The summed E-state index contributed by atoms with van der Waals surface area (Å²) in [5.74, 6) is 0. The number of thiophene rings is 1. The van der Waals surface area contributed by atoms with Crippen LogP contribution in [0.1, 0.15) is 28.5 Å². The Hall–Kier alpha value is -0.910. The highest BCUT2D eigenvalue weighted by Crippen LogP contribution is 2.30. The van der Waals surface area contributed by atoms with Crippen LogP contribution in [0.2, 0.25) is 0 Å². The smallest absolute Gasteiger partial charge is 0.185 e. The number of aliphatic hydroxyl groups is 1. The quantitative estimate of drug-likeness (QED) is 0.914. The van der Waals surface area contributed by atoms with Crippen molar-refractivity contribution in [2.75, 3.05) is 18.5 Å². The Kier molecular flexibility index (Phi) is 4.37. The number of nitrogens with zero attached hydrogens (tertiary/aromatic N) is 2. The summed E-state index contributed by atoms with van der Waals surface area (Å²) >= 11 is 3.37.